The van der Waals surface area contributed by atoms with Crippen LogP contribution in [0.1, 0.15) is 44.7 Å². The lowest BCUT2D eigenvalue weighted by atomic mass is 9.81. The van der Waals surface area contributed by atoms with Crippen LogP contribution >= 0.6 is 0 Å². The molecule has 56 heavy (non-hydrogen) atoms. The molecule has 0 bridgehead atoms. The molecule has 22 heteroatoms. The molecule has 1 aliphatic carbocycles. The van der Waals surface area contributed by atoms with Gasteiger partial charge in [0.1, 0.15) is 22.0 Å². The summed E-state index contributed by atoms with van der Waals surface area (Å²) in [6.07, 6.45) is -0.859. The number of ether oxygens (including phenoxy) is 1. The van der Waals surface area contributed by atoms with Gasteiger partial charge in [0.2, 0.25) is 0 Å². The van der Waals surface area contributed by atoms with E-state index in [4.69, 9.17) is 9.84 Å². The van der Waals surface area contributed by atoms with Gasteiger partial charge < -0.3 is 20.1 Å². The molecule has 6 rings (SSSR count). The fraction of sp³-hybridized carbons (Fsp3) is 0.118. The molecular weight excluding hydrogens is 803 g/mol. The SMILES string of the molecule is O=C(O)CCCS(=O)(=O)c1ccc(S(=O)(=O)O)c(Nc2cc(S(=O)(=O)O)c3[nH]c(=O)c(C(=O)OCc4cccc([N+](=O)[O-])c4)c4c3c2C(=O)c2ccccc2-4)c1. The minimum Gasteiger partial charge on any atom is -0.481 e. The second-order valence-corrected chi connectivity index (χ2v) is 17.1. The molecule has 1 aromatic heterocycles. The van der Waals surface area contributed by atoms with Crippen molar-refractivity contribution in [3.63, 3.8) is 0 Å². The van der Waals surface area contributed by atoms with Crippen LogP contribution in [-0.4, -0.2) is 72.8 Å². The van der Waals surface area contributed by atoms with Crippen molar-refractivity contribution < 1.29 is 63.5 Å². The van der Waals surface area contributed by atoms with E-state index in [1.54, 1.807) is 0 Å². The number of aliphatic carboxylic acids is 1. The first kappa shape index (κ1) is 39.4. The maximum atomic E-state index is 14.3. The zero-order valence-corrected chi connectivity index (χ0v) is 30.5. The third kappa shape index (κ3) is 7.50. The lowest BCUT2D eigenvalue weighted by molar-refractivity contribution is -0.384. The summed E-state index contributed by atoms with van der Waals surface area (Å²) in [7, 11) is -14.9. The predicted molar refractivity (Wildman–Crippen MR) is 194 cm³/mol. The molecule has 0 saturated heterocycles. The van der Waals surface area contributed by atoms with E-state index in [0.717, 1.165) is 18.2 Å². The Kier molecular flexibility index (Phi) is 10.1. The number of carbonyl (C=O) groups is 3. The van der Waals surface area contributed by atoms with Crippen LogP contribution in [0.15, 0.2) is 92.3 Å². The van der Waals surface area contributed by atoms with E-state index < -0.39 is 125 Å². The maximum Gasteiger partial charge on any atom is 0.344 e. The van der Waals surface area contributed by atoms with Gasteiger partial charge in [0.05, 0.1) is 38.0 Å². The summed E-state index contributed by atoms with van der Waals surface area (Å²) >= 11 is 0. The van der Waals surface area contributed by atoms with Gasteiger partial charge in [-0.1, -0.05) is 36.4 Å². The molecule has 0 saturated carbocycles. The number of esters is 1. The van der Waals surface area contributed by atoms with E-state index in [0.29, 0.717) is 12.1 Å². The fourth-order valence-electron chi connectivity index (χ4n) is 6.17. The number of sulfone groups is 1. The van der Waals surface area contributed by atoms with Crippen molar-refractivity contribution in [2.45, 2.75) is 34.1 Å². The third-order valence-corrected chi connectivity index (χ3v) is 12.1. The number of aromatic amines is 1. The van der Waals surface area contributed by atoms with Gasteiger partial charge in [-0.05, 0) is 41.8 Å². The molecule has 0 atom stereocenters. The van der Waals surface area contributed by atoms with E-state index >= 15 is 0 Å². The highest BCUT2D eigenvalue weighted by Gasteiger charge is 2.36. The number of ketones is 1. The lowest BCUT2D eigenvalue weighted by Crippen LogP contribution is -2.26. The molecule has 5 aromatic rings. The summed E-state index contributed by atoms with van der Waals surface area (Å²) in [5.41, 5.74) is -5.31. The number of fused-ring (bicyclic) bond motifs is 2. The maximum absolute atomic E-state index is 14.3. The predicted octanol–water partition coefficient (Wildman–Crippen LogP) is 3.88. The Morgan fingerprint density at radius 3 is 2.14 bits per heavy atom. The molecule has 0 amide bonds. The van der Waals surface area contributed by atoms with Gasteiger partial charge in [0.15, 0.2) is 15.6 Å². The molecule has 0 radical (unpaired) electrons. The van der Waals surface area contributed by atoms with Crippen molar-refractivity contribution >= 4 is 75.8 Å². The van der Waals surface area contributed by atoms with Crippen LogP contribution in [0, 0.1) is 10.1 Å². The van der Waals surface area contributed by atoms with Crippen LogP contribution in [0.2, 0.25) is 0 Å². The first-order valence-corrected chi connectivity index (χ1v) is 20.3. The number of benzene rings is 4. The summed E-state index contributed by atoms with van der Waals surface area (Å²) in [5.74, 6) is -4.21. The Morgan fingerprint density at radius 1 is 0.821 bits per heavy atom. The molecule has 0 spiro atoms. The number of nitrogens with zero attached hydrogens (tertiary/aromatic N) is 1. The van der Waals surface area contributed by atoms with Crippen LogP contribution in [0.3, 0.4) is 0 Å². The van der Waals surface area contributed by atoms with Gasteiger partial charge in [0, 0.05) is 35.1 Å². The van der Waals surface area contributed by atoms with Gasteiger partial charge in [-0.3, -0.25) is 33.6 Å². The standard InChI is InChI=1S/C34H25N3O16S3/c38-26(39)9-4-12-54(45,46)19-10-11-24(55(47,48)49)22(14-19)35-23-15-25(56(50,51)52)31-29-27(20-7-1-2-8-21(20)32(40)28(23)29)30(33(41)36-31)34(42)53-16-17-5-3-6-18(13-17)37(43)44/h1-3,5-8,10-11,13-15,35H,4,9,12,16H2,(H,36,41)(H,38,39)(H,47,48,49)(H,50,51,52). The second-order valence-electron chi connectivity index (χ2n) is 12.2. The normalized spacial score (nSPS) is 12.6. The van der Waals surface area contributed by atoms with E-state index in [1.807, 2.05) is 0 Å². The molecular formula is C34H25N3O16S3. The number of nitro groups is 1. The molecule has 5 N–H and O–H groups in total. The summed E-state index contributed by atoms with van der Waals surface area (Å²) < 4.78 is 103. The largest absolute Gasteiger partial charge is 0.481 e. The van der Waals surface area contributed by atoms with Crippen molar-refractivity contribution in [2.75, 3.05) is 11.1 Å². The Bertz CT molecular complexity index is 2960. The highest BCUT2D eigenvalue weighted by atomic mass is 32.2. The number of pyridine rings is 1. The summed E-state index contributed by atoms with van der Waals surface area (Å²) in [6.45, 7) is -0.587. The highest BCUT2D eigenvalue weighted by molar-refractivity contribution is 7.91. The summed E-state index contributed by atoms with van der Waals surface area (Å²) in [5, 5.41) is 22.2. The van der Waals surface area contributed by atoms with Gasteiger partial charge in [-0.2, -0.15) is 16.8 Å². The number of hydrogen-bond acceptors (Lipinski definition) is 14. The summed E-state index contributed by atoms with van der Waals surface area (Å²) in [6, 6.07) is 13.4. The topological polar surface area (TPSA) is 312 Å². The van der Waals surface area contributed by atoms with E-state index in [-0.39, 0.29) is 34.4 Å². The van der Waals surface area contributed by atoms with Gasteiger partial charge in [-0.25, -0.2) is 13.2 Å². The van der Waals surface area contributed by atoms with Crippen LogP contribution in [0.25, 0.3) is 22.0 Å². The Balaban J connectivity index is 1.61. The molecule has 19 nitrogen and oxygen atoms in total. The number of H-pyrrole nitrogens is 1. The molecule has 0 unspecified atom stereocenters. The van der Waals surface area contributed by atoms with Crippen molar-refractivity contribution in [1.29, 1.82) is 0 Å². The number of anilines is 2. The summed E-state index contributed by atoms with van der Waals surface area (Å²) in [4.78, 5) is 62.8. The van der Waals surface area contributed by atoms with Gasteiger partial charge in [0.25, 0.3) is 31.5 Å². The van der Waals surface area contributed by atoms with E-state index in [1.165, 1.54) is 42.5 Å². The van der Waals surface area contributed by atoms with Crippen molar-refractivity contribution in [2.24, 2.45) is 0 Å². The Hall–Kier alpha value is -6.33. The lowest BCUT2D eigenvalue weighted by Gasteiger charge is -2.25. The molecule has 0 fully saturated rings. The average molecular weight is 828 g/mol. The van der Waals surface area contributed by atoms with Crippen molar-refractivity contribution in [1.82, 2.24) is 4.98 Å². The average Bonchev–Trinajstić information content (AvgIpc) is 3.11. The fourth-order valence-corrected chi connectivity index (χ4v) is 8.80. The Morgan fingerprint density at radius 2 is 1.50 bits per heavy atom. The number of carboxylic acids is 1. The number of nitro benzene ring substituents is 1. The Labute approximate surface area is 315 Å². The number of nitrogens with one attached hydrogen (secondary N) is 2. The van der Waals surface area contributed by atoms with Gasteiger partial charge in [-0.15, -0.1) is 0 Å². The number of rotatable bonds is 13. The van der Waals surface area contributed by atoms with Gasteiger partial charge >= 0.3 is 11.9 Å². The number of aromatic nitrogens is 1. The molecule has 1 aliphatic rings. The quantitative estimate of drug-likeness (QED) is 0.0477. The van der Waals surface area contributed by atoms with Crippen LogP contribution in [0.4, 0.5) is 17.1 Å². The zero-order chi connectivity index (χ0) is 40.9. The first-order chi connectivity index (χ1) is 26.2. The minimum atomic E-state index is -5.36. The van der Waals surface area contributed by atoms with Crippen LogP contribution in [-0.2, 0) is 46.2 Å². The number of carboxylic acid groups (broad SMARTS) is 1. The van der Waals surface area contributed by atoms with Crippen molar-refractivity contribution in [3.05, 3.63) is 116 Å². The highest BCUT2D eigenvalue weighted by Crippen LogP contribution is 2.46. The molecule has 1 heterocycles. The second kappa shape index (κ2) is 14.4. The zero-order valence-electron chi connectivity index (χ0n) is 28.1. The van der Waals surface area contributed by atoms with Crippen LogP contribution < -0.4 is 10.9 Å². The van der Waals surface area contributed by atoms with Crippen LogP contribution in [0.5, 0.6) is 0 Å². The van der Waals surface area contributed by atoms with E-state index in [2.05, 4.69) is 10.3 Å². The number of hydrogen-bond donors (Lipinski definition) is 5. The first-order valence-electron chi connectivity index (χ1n) is 15.8. The molecule has 4 aromatic carbocycles. The van der Waals surface area contributed by atoms with E-state index in [9.17, 15) is 63.7 Å². The monoisotopic (exact) mass is 827 g/mol. The number of carbonyl (C=O) groups excluding carboxylic acids is 2. The number of non-ortho nitro benzene ring substituents is 1. The molecule has 290 valence electrons. The molecule has 0 aliphatic heterocycles. The van der Waals surface area contributed by atoms with Crippen molar-refractivity contribution in [3.8, 4) is 11.1 Å². The smallest absolute Gasteiger partial charge is 0.344 e. The third-order valence-electron chi connectivity index (χ3n) is 8.56. The minimum absolute atomic E-state index is 0.0742.